The minimum atomic E-state index is 0.0285. The minimum Gasteiger partial charge on any atom is -0.378 e. The first-order chi connectivity index (χ1) is 12.2. The number of morpholine rings is 1. The van der Waals surface area contributed by atoms with Crippen molar-refractivity contribution in [2.24, 2.45) is 5.92 Å². The molecule has 0 bridgehead atoms. The van der Waals surface area contributed by atoms with E-state index in [1.54, 1.807) is 0 Å². The highest BCUT2D eigenvalue weighted by Crippen LogP contribution is 2.17. The summed E-state index contributed by atoms with van der Waals surface area (Å²) < 4.78 is 5.38. The molecule has 25 heavy (non-hydrogen) atoms. The monoisotopic (exact) mass is 345 g/mol. The lowest BCUT2D eigenvalue weighted by atomic mass is 9.99. The number of carbonyl (C=O) groups is 1. The average Bonchev–Trinajstić information content (AvgIpc) is 2.67. The Hall–Kier alpha value is -1.59. The van der Waals surface area contributed by atoms with Crippen LogP contribution < -0.4 is 10.2 Å². The van der Waals surface area contributed by atoms with Crippen LogP contribution in [0.25, 0.3) is 0 Å². The van der Waals surface area contributed by atoms with Crippen molar-refractivity contribution in [1.29, 1.82) is 0 Å². The molecule has 1 aromatic rings. The fraction of sp³-hybridized carbons (Fsp3) is 0.650. The fourth-order valence-corrected chi connectivity index (χ4v) is 3.54. The van der Waals surface area contributed by atoms with Crippen molar-refractivity contribution in [2.45, 2.75) is 26.2 Å². The van der Waals surface area contributed by atoms with E-state index in [-0.39, 0.29) is 5.91 Å². The van der Waals surface area contributed by atoms with Gasteiger partial charge in [-0.2, -0.15) is 0 Å². The molecule has 5 nitrogen and oxygen atoms in total. The van der Waals surface area contributed by atoms with Crippen LogP contribution in [0.2, 0.25) is 0 Å². The van der Waals surface area contributed by atoms with Gasteiger partial charge in [-0.3, -0.25) is 4.79 Å². The Morgan fingerprint density at radius 2 is 1.80 bits per heavy atom. The molecular formula is C20H31N3O2. The van der Waals surface area contributed by atoms with E-state index in [1.807, 2.05) is 24.3 Å². The van der Waals surface area contributed by atoms with Crippen molar-refractivity contribution in [2.75, 3.05) is 57.4 Å². The van der Waals surface area contributed by atoms with Crippen molar-refractivity contribution in [1.82, 2.24) is 10.2 Å². The zero-order chi connectivity index (χ0) is 17.5. The number of nitrogens with one attached hydrogen (secondary N) is 1. The van der Waals surface area contributed by atoms with Gasteiger partial charge < -0.3 is 19.9 Å². The highest BCUT2D eigenvalue weighted by Gasteiger charge is 2.15. The number of ether oxygens (including phenoxy) is 1. The maximum Gasteiger partial charge on any atom is 0.251 e. The molecule has 1 N–H and O–H groups in total. The van der Waals surface area contributed by atoms with E-state index < -0.39 is 0 Å². The van der Waals surface area contributed by atoms with Gasteiger partial charge in [0.15, 0.2) is 0 Å². The average molecular weight is 345 g/mol. The minimum absolute atomic E-state index is 0.0285. The molecule has 2 fully saturated rings. The Balaban J connectivity index is 1.37. The molecule has 0 atom stereocenters. The molecule has 5 heteroatoms. The number of hydrogen-bond acceptors (Lipinski definition) is 4. The number of piperidine rings is 1. The Bertz CT molecular complexity index is 532. The first kappa shape index (κ1) is 18.2. The first-order valence-corrected chi connectivity index (χ1v) is 9.65. The number of rotatable bonds is 6. The van der Waals surface area contributed by atoms with E-state index in [0.29, 0.717) is 0 Å². The summed E-state index contributed by atoms with van der Waals surface area (Å²) in [6, 6.07) is 7.92. The van der Waals surface area contributed by atoms with E-state index >= 15 is 0 Å². The van der Waals surface area contributed by atoms with Gasteiger partial charge in [0, 0.05) is 30.9 Å². The number of carbonyl (C=O) groups excluding carboxylic acids is 1. The van der Waals surface area contributed by atoms with Crippen LogP contribution in [0, 0.1) is 5.92 Å². The smallest absolute Gasteiger partial charge is 0.251 e. The van der Waals surface area contributed by atoms with Crippen LogP contribution >= 0.6 is 0 Å². The Morgan fingerprint density at radius 3 is 2.48 bits per heavy atom. The summed E-state index contributed by atoms with van der Waals surface area (Å²) in [5, 5.41) is 3.05. The Kier molecular flexibility index (Phi) is 6.70. The van der Waals surface area contributed by atoms with Crippen LogP contribution in [-0.4, -0.2) is 63.3 Å². The van der Waals surface area contributed by atoms with Crippen molar-refractivity contribution in [3.05, 3.63) is 29.8 Å². The number of amides is 1. The summed E-state index contributed by atoms with van der Waals surface area (Å²) in [4.78, 5) is 17.1. The molecule has 138 valence electrons. The topological polar surface area (TPSA) is 44.8 Å². The van der Waals surface area contributed by atoms with Gasteiger partial charge >= 0.3 is 0 Å². The van der Waals surface area contributed by atoms with Crippen molar-refractivity contribution in [3.8, 4) is 0 Å². The molecule has 1 aromatic carbocycles. The van der Waals surface area contributed by atoms with Gasteiger partial charge in [0.25, 0.3) is 5.91 Å². The summed E-state index contributed by atoms with van der Waals surface area (Å²) in [6.45, 7) is 9.97. The standard InChI is InChI=1S/C20H31N3O2/c1-17-7-11-22(12-8-17)10-2-9-21-20(24)18-3-5-19(6-4-18)23-13-15-25-16-14-23/h3-6,17H,2,7-16H2,1H3,(H,21,24). The van der Waals surface area contributed by atoms with E-state index in [0.717, 1.165) is 57.3 Å². The first-order valence-electron chi connectivity index (χ1n) is 9.65. The molecule has 2 heterocycles. The maximum atomic E-state index is 12.3. The van der Waals surface area contributed by atoms with Crippen LogP contribution in [0.15, 0.2) is 24.3 Å². The second kappa shape index (κ2) is 9.20. The predicted molar refractivity (Wildman–Crippen MR) is 101 cm³/mol. The van der Waals surface area contributed by atoms with E-state index in [4.69, 9.17) is 4.74 Å². The van der Waals surface area contributed by atoms with Crippen LogP contribution in [-0.2, 0) is 4.74 Å². The van der Waals surface area contributed by atoms with Crippen LogP contribution in [0.3, 0.4) is 0 Å². The molecule has 0 aromatic heterocycles. The van der Waals surface area contributed by atoms with E-state index in [2.05, 4.69) is 22.0 Å². The van der Waals surface area contributed by atoms with Gasteiger partial charge in [-0.1, -0.05) is 6.92 Å². The summed E-state index contributed by atoms with van der Waals surface area (Å²) in [6.07, 6.45) is 3.63. The largest absolute Gasteiger partial charge is 0.378 e. The highest BCUT2D eigenvalue weighted by atomic mass is 16.5. The van der Waals surface area contributed by atoms with Gasteiger partial charge in [0.1, 0.15) is 0 Å². The molecule has 0 spiro atoms. The second-order valence-corrected chi connectivity index (χ2v) is 7.28. The molecule has 2 aliphatic heterocycles. The Labute approximate surface area is 151 Å². The lowest BCUT2D eigenvalue weighted by molar-refractivity contribution is 0.0950. The normalized spacial score (nSPS) is 19.8. The summed E-state index contributed by atoms with van der Waals surface area (Å²) in [5.41, 5.74) is 1.91. The van der Waals surface area contributed by atoms with Gasteiger partial charge in [0.05, 0.1) is 13.2 Å². The third-order valence-electron chi connectivity index (χ3n) is 5.32. The molecule has 0 saturated carbocycles. The second-order valence-electron chi connectivity index (χ2n) is 7.28. The third-order valence-corrected chi connectivity index (χ3v) is 5.32. The summed E-state index contributed by atoms with van der Waals surface area (Å²) in [5.74, 6) is 0.900. The zero-order valence-corrected chi connectivity index (χ0v) is 15.4. The predicted octanol–water partition coefficient (Wildman–Crippen LogP) is 2.38. The Morgan fingerprint density at radius 1 is 1.12 bits per heavy atom. The number of likely N-dealkylation sites (tertiary alicyclic amines) is 1. The van der Waals surface area contributed by atoms with Gasteiger partial charge in [0.2, 0.25) is 0 Å². The molecule has 1 amide bonds. The molecule has 2 aliphatic rings. The maximum absolute atomic E-state index is 12.3. The van der Waals surface area contributed by atoms with Gasteiger partial charge in [-0.25, -0.2) is 0 Å². The summed E-state index contributed by atoms with van der Waals surface area (Å²) >= 11 is 0. The quantitative estimate of drug-likeness (QED) is 0.804. The van der Waals surface area contributed by atoms with Gasteiger partial charge in [-0.05, 0) is 69.1 Å². The molecule has 0 aliphatic carbocycles. The van der Waals surface area contributed by atoms with Crippen molar-refractivity contribution in [3.63, 3.8) is 0 Å². The van der Waals surface area contributed by atoms with E-state index in [9.17, 15) is 4.79 Å². The molecule has 3 rings (SSSR count). The molecule has 2 saturated heterocycles. The van der Waals surface area contributed by atoms with Crippen molar-refractivity contribution >= 4 is 11.6 Å². The zero-order valence-electron chi connectivity index (χ0n) is 15.4. The van der Waals surface area contributed by atoms with Crippen LogP contribution in [0.4, 0.5) is 5.69 Å². The molecule has 0 unspecified atom stereocenters. The van der Waals surface area contributed by atoms with Gasteiger partial charge in [-0.15, -0.1) is 0 Å². The number of benzene rings is 1. The number of nitrogens with zero attached hydrogens (tertiary/aromatic N) is 2. The lowest BCUT2D eigenvalue weighted by Gasteiger charge is -2.30. The number of hydrogen-bond donors (Lipinski definition) is 1. The molecular weight excluding hydrogens is 314 g/mol. The van der Waals surface area contributed by atoms with E-state index in [1.165, 1.54) is 31.6 Å². The number of anilines is 1. The SMILES string of the molecule is CC1CCN(CCCNC(=O)c2ccc(N3CCOCC3)cc2)CC1. The summed E-state index contributed by atoms with van der Waals surface area (Å²) in [7, 11) is 0. The lowest BCUT2D eigenvalue weighted by Crippen LogP contribution is -2.36. The van der Waals surface area contributed by atoms with Crippen molar-refractivity contribution < 1.29 is 9.53 Å². The van der Waals surface area contributed by atoms with Crippen LogP contribution in [0.1, 0.15) is 36.5 Å². The molecule has 0 radical (unpaired) electrons. The highest BCUT2D eigenvalue weighted by molar-refractivity contribution is 5.94. The fourth-order valence-electron chi connectivity index (χ4n) is 3.54. The third kappa shape index (κ3) is 5.44. The van der Waals surface area contributed by atoms with Crippen LogP contribution in [0.5, 0.6) is 0 Å².